The minimum Gasteiger partial charge on any atom is -0.495 e. The Balaban J connectivity index is 0.00000363. The van der Waals surface area contributed by atoms with Gasteiger partial charge in [0.15, 0.2) is 5.96 Å². The van der Waals surface area contributed by atoms with Crippen molar-refractivity contribution in [1.29, 1.82) is 0 Å². The second-order valence-electron chi connectivity index (χ2n) is 7.95. The van der Waals surface area contributed by atoms with Crippen LogP contribution in [0.25, 0.3) is 0 Å². The Labute approximate surface area is 210 Å². The molecule has 0 aliphatic carbocycles. The van der Waals surface area contributed by atoms with Crippen molar-refractivity contribution in [1.82, 2.24) is 15.5 Å². The van der Waals surface area contributed by atoms with E-state index in [0.29, 0.717) is 6.04 Å². The summed E-state index contributed by atoms with van der Waals surface area (Å²) < 4.78 is 5.53. The zero-order chi connectivity index (χ0) is 22.1. The van der Waals surface area contributed by atoms with Crippen molar-refractivity contribution in [2.75, 3.05) is 45.2 Å². The summed E-state index contributed by atoms with van der Waals surface area (Å²) in [5.74, 6) is 1.77. The van der Waals surface area contributed by atoms with Gasteiger partial charge in [-0.1, -0.05) is 50.2 Å². The number of rotatable bonds is 9. The number of nitrogens with one attached hydrogen (secondary N) is 2. The van der Waals surface area contributed by atoms with Gasteiger partial charge >= 0.3 is 0 Å². The molecule has 6 nitrogen and oxygen atoms in total. The Morgan fingerprint density at radius 1 is 1.12 bits per heavy atom. The van der Waals surface area contributed by atoms with Crippen LogP contribution in [0.3, 0.4) is 0 Å². The molecule has 0 radical (unpaired) electrons. The van der Waals surface area contributed by atoms with E-state index in [9.17, 15) is 0 Å². The number of methoxy groups -OCH3 is 1. The zero-order valence-corrected chi connectivity index (χ0v) is 22.1. The molecule has 1 saturated heterocycles. The molecule has 7 heteroatoms. The summed E-state index contributed by atoms with van der Waals surface area (Å²) in [6, 6.07) is 17.4. The molecule has 0 saturated carbocycles. The van der Waals surface area contributed by atoms with E-state index in [-0.39, 0.29) is 24.0 Å². The highest BCUT2D eigenvalue weighted by Gasteiger charge is 2.25. The smallest absolute Gasteiger partial charge is 0.191 e. The number of nitrogens with zero attached hydrogens (tertiary/aromatic N) is 3. The third kappa shape index (κ3) is 7.27. The van der Waals surface area contributed by atoms with Crippen LogP contribution in [0.4, 0.5) is 5.69 Å². The molecular weight excluding hydrogens is 513 g/mol. The number of ether oxygens (including phenoxy) is 1. The average Bonchev–Trinajstić information content (AvgIpc) is 3.28. The van der Waals surface area contributed by atoms with E-state index in [1.165, 1.54) is 11.1 Å². The Morgan fingerprint density at radius 2 is 1.88 bits per heavy atom. The normalized spacial score (nSPS) is 16.1. The maximum Gasteiger partial charge on any atom is 0.191 e. The maximum atomic E-state index is 5.53. The Hall–Kier alpha value is -2.00. The van der Waals surface area contributed by atoms with Gasteiger partial charge in [-0.05, 0) is 42.8 Å². The van der Waals surface area contributed by atoms with Crippen LogP contribution in [0.5, 0.6) is 5.75 Å². The van der Waals surface area contributed by atoms with Gasteiger partial charge in [0.2, 0.25) is 0 Å². The van der Waals surface area contributed by atoms with Crippen LogP contribution >= 0.6 is 24.0 Å². The summed E-state index contributed by atoms with van der Waals surface area (Å²) in [5.41, 5.74) is 3.78. The highest BCUT2D eigenvalue weighted by atomic mass is 127. The molecule has 1 aliphatic heterocycles. The Morgan fingerprint density at radius 3 is 2.59 bits per heavy atom. The summed E-state index contributed by atoms with van der Waals surface area (Å²) in [4.78, 5) is 9.25. The topological polar surface area (TPSA) is 52.1 Å². The molecule has 32 heavy (non-hydrogen) atoms. The van der Waals surface area contributed by atoms with Crippen molar-refractivity contribution >= 4 is 35.6 Å². The number of hydrogen-bond donors (Lipinski definition) is 2. The van der Waals surface area contributed by atoms with Crippen molar-refractivity contribution in [3.8, 4) is 5.75 Å². The molecular formula is C25H38IN5O. The fourth-order valence-electron chi connectivity index (χ4n) is 4.11. The van der Waals surface area contributed by atoms with E-state index in [1.54, 1.807) is 7.11 Å². The van der Waals surface area contributed by atoms with Crippen LogP contribution in [0, 0.1) is 0 Å². The standard InChI is InChI=1S/C25H37N5O.HI/c1-5-29(6-2)18-21-11-9-10-20(16-21)17-27-25(26-3)28-22-14-15-30(19-22)23-12-7-8-13-24(23)31-4;/h7-13,16,22H,5-6,14-15,17-19H2,1-4H3,(H2,26,27,28);1H. The summed E-state index contributed by atoms with van der Waals surface area (Å²) >= 11 is 0. The molecule has 176 valence electrons. The minimum atomic E-state index is 0. The molecule has 2 aromatic carbocycles. The van der Waals surface area contributed by atoms with Gasteiger partial charge in [-0.2, -0.15) is 0 Å². The lowest BCUT2D eigenvalue weighted by atomic mass is 10.1. The van der Waals surface area contributed by atoms with E-state index in [0.717, 1.165) is 63.1 Å². The lowest BCUT2D eigenvalue weighted by Crippen LogP contribution is -2.44. The van der Waals surface area contributed by atoms with Crippen LogP contribution in [0.1, 0.15) is 31.4 Å². The first-order valence-electron chi connectivity index (χ1n) is 11.3. The predicted octanol–water partition coefficient (Wildman–Crippen LogP) is 4.10. The van der Waals surface area contributed by atoms with Crippen molar-refractivity contribution < 1.29 is 4.74 Å². The van der Waals surface area contributed by atoms with E-state index in [4.69, 9.17) is 4.74 Å². The molecule has 2 N–H and O–H groups in total. The van der Waals surface area contributed by atoms with Crippen molar-refractivity contribution in [2.45, 2.75) is 39.4 Å². The first-order chi connectivity index (χ1) is 15.2. The van der Waals surface area contributed by atoms with Gasteiger partial charge in [0.25, 0.3) is 0 Å². The molecule has 2 aromatic rings. The predicted molar refractivity (Wildman–Crippen MR) is 145 cm³/mol. The number of anilines is 1. The first kappa shape index (κ1) is 26.3. The Kier molecular flexibility index (Phi) is 11.1. The van der Waals surface area contributed by atoms with Crippen LogP contribution in [-0.4, -0.2) is 57.2 Å². The molecule has 1 atom stereocenters. The third-order valence-corrected chi connectivity index (χ3v) is 5.93. The first-order valence-corrected chi connectivity index (χ1v) is 11.3. The van der Waals surface area contributed by atoms with Gasteiger partial charge in [0.05, 0.1) is 12.8 Å². The van der Waals surface area contributed by atoms with E-state index in [1.807, 2.05) is 19.2 Å². The number of aliphatic imine (C=N–C) groups is 1. The summed E-state index contributed by atoms with van der Waals surface area (Å²) in [6.45, 7) is 10.3. The van der Waals surface area contributed by atoms with Gasteiger partial charge in [-0.15, -0.1) is 24.0 Å². The summed E-state index contributed by atoms with van der Waals surface area (Å²) in [6.07, 6.45) is 1.07. The fraction of sp³-hybridized carbons (Fsp3) is 0.480. The van der Waals surface area contributed by atoms with Gasteiger partial charge in [0, 0.05) is 39.3 Å². The molecule has 1 fully saturated rings. The summed E-state index contributed by atoms with van der Waals surface area (Å²) in [7, 11) is 3.56. The highest BCUT2D eigenvalue weighted by molar-refractivity contribution is 14.0. The second kappa shape index (κ2) is 13.5. The lowest BCUT2D eigenvalue weighted by Gasteiger charge is -2.22. The van der Waals surface area contributed by atoms with Crippen molar-refractivity contribution in [3.05, 3.63) is 59.7 Å². The van der Waals surface area contributed by atoms with E-state index < -0.39 is 0 Å². The molecule has 1 heterocycles. The summed E-state index contributed by atoms with van der Waals surface area (Å²) in [5, 5.41) is 7.07. The largest absolute Gasteiger partial charge is 0.495 e. The molecule has 3 rings (SSSR count). The molecule has 0 amide bonds. The SMILES string of the molecule is CCN(CC)Cc1cccc(CNC(=NC)NC2CCN(c3ccccc3OC)C2)c1.I. The molecule has 1 unspecified atom stereocenters. The molecule has 1 aliphatic rings. The van der Waals surface area contributed by atoms with Crippen molar-refractivity contribution in [2.24, 2.45) is 4.99 Å². The van der Waals surface area contributed by atoms with Crippen LogP contribution < -0.4 is 20.3 Å². The average molecular weight is 552 g/mol. The number of halogens is 1. The number of benzene rings is 2. The van der Waals surface area contributed by atoms with Crippen LogP contribution in [-0.2, 0) is 13.1 Å². The monoisotopic (exact) mass is 551 g/mol. The van der Waals surface area contributed by atoms with Gasteiger partial charge in [-0.25, -0.2) is 0 Å². The number of hydrogen-bond acceptors (Lipinski definition) is 4. The minimum absolute atomic E-state index is 0. The number of guanidine groups is 1. The Bertz CT molecular complexity index is 856. The highest BCUT2D eigenvalue weighted by Crippen LogP contribution is 2.30. The fourth-order valence-corrected chi connectivity index (χ4v) is 4.11. The van der Waals surface area contributed by atoms with E-state index in [2.05, 4.69) is 75.7 Å². The molecule has 0 spiro atoms. The van der Waals surface area contributed by atoms with Crippen molar-refractivity contribution in [3.63, 3.8) is 0 Å². The van der Waals surface area contributed by atoms with E-state index >= 15 is 0 Å². The quantitative estimate of drug-likeness (QED) is 0.279. The van der Waals surface area contributed by atoms with Gasteiger partial charge < -0.3 is 20.3 Å². The maximum absolute atomic E-state index is 5.53. The second-order valence-corrected chi connectivity index (χ2v) is 7.95. The number of para-hydroxylation sites is 2. The van der Waals surface area contributed by atoms with Gasteiger partial charge in [0.1, 0.15) is 5.75 Å². The lowest BCUT2D eigenvalue weighted by molar-refractivity contribution is 0.296. The van der Waals surface area contributed by atoms with Crippen LogP contribution in [0.15, 0.2) is 53.5 Å². The van der Waals surface area contributed by atoms with Crippen LogP contribution in [0.2, 0.25) is 0 Å². The molecule has 0 bridgehead atoms. The third-order valence-electron chi connectivity index (χ3n) is 5.93. The molecule has 0 aromatic heterocycles. The zero-order valence-electron chi connectivity index (χ0n) is 19.8. The van der Waals surface area contributed by atoms with Gasteiger partial charge in [-0.3, -0.25) is 9.89 Å².